The van der Waals surface area contributed by atoms with Crippen LogP contribution in [0.5, 0.6) is 0 Å². The Kier molecular flexibility index (Phi) is 7.12. The molecule has 1 aromatic carbocycles. The second kappa shape index (κ2) is 9.31. The summed E-state index contributed by atoms with van der Waals surface area (Å²) >= 11 is 11.5. The molecule has 0 aliphatic heterocycles. The summed E-state index contributed by atoms with van der Waals surface area (Å²) in [5.74, 6) is -1.19. The predicted molar refractivity (Wildman–Crippen MR) is 98.8 cm³/mol. The number of carbonyl (C=O) groups excluding carboxylic acids is 3. The number of benzene rings is 1. The maximum atomic E-state index is 12.1. The minimum Gasteiger partial charge on any atom is -0.454 e. The Morgan fingerprint density at radius 2 is 1.81 bits per heavy atom. The van der Waals surface area contributed by atoms with Crippen LogP contribution in [0.3, 0.4) is 0 Å². The molecule has 6 nitrogen and oxygen atoms in total. The number of hydrogen-bond acceptors (Lipinski definition) is 5. The lowest BCUT2D eigenvalue weighted by Gasteiger charge is -2.07. The summed E-state index contributed by atoms with van der Waals surface area (Å²) in [5.41, 5.74) is 1.05. The fraction of sp³-hybridized carbons (Fsp3) is 0.222. The van der Waals surface area contributed by atoms with Crippen LogP contribution >= 0.6 is 23.2 Å². The van der Waals surface area contributed by atoms with E-state index in [2.05, 4.69) is 10.3 Å². The molecule has 0 saturated carbocycles. The van der Waals surface area contributed by atoms with Crippen molar-refractivity contribution in [3.05, 3.63) is 57.8 Å². The van der Waals surface area contributed by atoms with Crippen LogP contribution in [0.4, 0.5) is 5.69 Å². The molecule has 1 N–H and O–H groups in total. The topological polar surface area (TPSA) is 85.4 Å². The van der Waals surface area contributed by atoms with Crippen molar-refractivity contribution in [2.75, 3.05) is 11.9 Å². The van der Waals surface area contributed by atoms with Gasteiger partial charge in [-0.2, -0.15) is 0 Å². The first kappa shape index (κ1) is 19.9. The van der Waals surface area contributed by atoms with Gasteiger partial charge >= 0.3 is 5.97 Å². The van der Waals surface area contributed by atoms with E-state index in [4.69, 9.17) is 27.9 Å². The van der Waals surface area contributed by atoms with Crippen LogP contribution in [-0.2, 0) is 9.53 Å². The molecular weight excluding hydrogens is 379 g/mol. The highest BCUT2D eigenvalue weighted by molar-refractivity contribution is 6.41. The summed E-state index contributed by atoms with van der Waals surface area (Å²) in [5, 5.41) is 2.92. The van der Waals surface area contributed by atoms with E-state index in [1.165, 1.54) is 12.3 Å². The number of rotatable bonds is 7. The van der Waals surface area contributed by atoms with Crippen molar-refractivity contribution in [3.8, 4) is 0 Å². The molecule has 0 saturated heterocycles. The summed E-state index contributed by atoms with van der Waals surface area (Å²) in [6.45, 7) is 1.48. The molecule has 0 aliphatic rings. The number of esters is 1. The third-order valence-electron chi connectivity index (χ3n) is 3.33. The van der Waals surface area contributed by atoms with Gasteiger partial charge in [-0.15, -0.1) is 0 Å². The zero-order valence-corrected chi connectivity index (χ0v) is 15.4. The van der Waals surface area contributed by atoms with Gasteiger partial charge in [0.05, 0.1) is 10.6 Å². The molecule has 0 radical (unpaired) electrons. The second-order valence-electron chi connectivity index (χ2n) is 5.37. The Morgan fingerprint density at radius 1 is 1.12 bits per heavy atom. The number of aromatic nitrogens is 1. The van der Waals surface area contributed by atoms with Gasteiger partial charge in [0.15, 0.2) is 12.4 Å². The molecule has 8 heteroatoms. The van der Waals surface area contributed by atoms with E-state index in [0.717, 1.165) is 6.42 Å². The predicted octanol–water partition coefficient (Wildman–Crippen LogP) is 4.17. The van der Waals surface area contributed by atoms with Crippen LogP contribution < -0.4 is 5.32 Å². The van der Waals surface area contributed by atoms with E-state index >= 15 is 0 Å². The zero-order valence-electron chi connectivity index (χ0n) is 13.9. The smallest absolute Gasteiger partial charge is 0.340 e. The fourth-order valence-corrected chi connectivity index (χ4v) is 2.29. The zero-order chi connectivity index (χ0) is 19.1. The Bertz CT molecular complexity index is 822. The van der Waals surface area contributed by atoms with E-state index in [9.17, 15) is 14.4 Å². The number of halogens is 2. The summed E-state index contributed by atoms with van der Waals surface area (Å²) in [4.78, 5) is 39.3. The molecule has 1 amide bonds. The normalized spacial score (nSPS) is 10.3. The van der Waals surface area contributed by atoms with Crippen molar-refractivity contribution in [1.29, 1.82) is 0 Å². The Labute approximate surface area is 160 Å². The van der Waals surface area contributed by atoms with Crippen molar-refractivity contribution in [1.82, 2.24) is 4.98 Å². The van der Waals surface area contributed by atoms with Gasteiger partial charge in [0.1, 0.15) is 5.15 Å². The van der Waals surface area contributed by atoms with Gasteiger partial charge in [-0.25, -0.2) is 9.78 Å². The third-order valence-corrected chi connectivity index (χ3v) is 4.02. The molecular formula is C18H16Cl2N2O4. The molecule has 0 spiro atoms. The van der Waals surface area contributed by atoms with Crippen LogP contribution in [0.15, 0.2) is 36.5 Å². The number of nitrogens with one attached hydrogen (secondary N) is 1. The second-order valence-corrected chi connectivity index (χ2v) is 6.14. The molecule has 26 heavy (non-hydrogen) atoms. The molecule has 0 atom stereocenters. The molecule has 0 fully saturated rings. The number of Topliss-reactive ketones (excluding diaryl/α,β-unsaturated/α-hetero) is 1. The number of ether oxygens (including phenoxy) is 1. The standard InChI is InChI=1S/C18H16Cl2N2O4/c1-2-3-16(24)22-13-6-4-11(5-7-13)15(23)10-26-18(25)12-8-14(19)17(20)21-9-12/h4-9H,2-3,10H2,1H3,(H,22,24). The summed E-state index contributed by atoms with van der Waals surface area (Å²) in [7, 11) is 0. The number of nitrogens with zero attached hydrogens (tertiary/aromatic N) is 1. The lowest BCUT2D eigenvalue weighted by Crippen LogP contribution is -2.15. The molecule has 136 valence electrons. The molecule has 0 bridgehead atoms. The monoisotopic (exact) mass is 394 g/mol. The van der Waals surface area contributed by atoms with E-state index in [0.29, 0.717) is 17.7 Å². The average molecular weight is 395 g/mol. The number of hydrogen-bond donors (Lipinski definition) is 1. The average Bonchev–Trinajstić information content (AvgIpc) is 2.62. The van der Waals surface area contributed by atoms with E-state index in [-0.39, 0.29) is 27.4 Å². The first-order valence-corrected chi connectivity index (χ1v) is 8.57. The lowest BCUT2D eigenvalue weighted by molar-refractivity contribution is -0.116. The van der Waals surface area contributed by atoms with E-state index < -0.39 is 12.6 Å². The highest BCUT2D eigenvalue weighted by Gasteiger charge is 2.14. The van der Waals surface area contributed by atoms with Gasteiger partial charge in [0, 0.05) is 23.9 Å². The van der Waals surface area contributed by atoms with Gasteiger partial charge in [-0.1, -0.05) is 30.1 Å². The van der Waals surface area contributed by atoms with Crippen LogP contribution in [0.25, 0.3) is 0 Å². The minimum absolute atomic E-state index is 0.0745. The molecule has 0 aliphatic carbocycles. The summed E-state index contributed by atoms with van der Waals surface area (Å²) in [6, 6.07) is 7.66. The van der Waals surface area contributed by atoms with Crippen molar-refractivity contribution in [2.24, 2.45) is 0 Å². The van der Waals surface area contributed by atoms with Crippen molar-refractivity contribution >= 4 is 46.5 Å². The Morgan fingerprint density at radius 3 is 2.42 bits per heavy atom. The van der Waals surface area contributed by atoms with Crippen molar-refractivity contribution < 1.29 is 19.1 Å². The molecule has 1 heterocycles. The number of carbonyl (C=O) groups is 3. The summed E-state index contributed by atoms with van der Waals surface area (Å²) < 4.78 is 4.97. The summed E-state index contributed by atoms with van der Waals surface area (Å²) in [6.07, 6.45) is 2.40. The van der Waals surface area contributed by atoms with E-state index in [1.54, 1.807) is 24.3 Å². The first-order chi connectivity index (χ1) is 12.4. The van der Waals surface area contributed by atoms with Crippen molar-refractivity contribution in [2.45, 2.75) is 19.8 Å². The SMILES string of the molecule is CCCC(=O)Nc1ccc(C(=O)COC(=O)c2cnc(Cl)c(Cl)c2)cc1. The Hall–Kier alpha value is -2.44. The molecule has 1 aromatic heterocycles. The third kappa shape index (κ3) is 5.54. The van der Waals surface area contributed by atoms with Crippen LogP contribution in [0.1, 0.15) is 40.5 Å². The fourth-order valence-electron chi connectivity index (χ4n) is 2.02. The molecule has 0 unspecified atom stereocenters. The van der Waals surface area contributed by atoms with Crippen LogP contribution in [-0.4, -0.2) is 29.3 Å². The van der Waals surface area contributed by atoms with Crippen LogP contribution in [0, 0.1) is 0 Å². The van der Waals surface area contributed by atoms with E-state index in [1.807, 2.05) is 6.92 Å². The largest absolute Gasteiger partial charge is 0.454 e. The van der Waals surface area contributed by atoms with Crippen molar-refractivity contribution in [3.63, 3.8) is 0 Å². The van der Waals surface area contributed by atoms with Crippen LogP contribution in [0.2, 0.25) is 10.2 Å². The van der Waals surface area contributed by atoms with Gasteiger partial charge in [-0.05, 0) is 36.8 Å². The van der Waals surface area contributed by atoms with Gasteiger partial charge in [0.25, 0.3) is 0 Å². The Balaban J connectivity index is 1.92. The minimum atomic E-state index is -0.729. The maximum Gasteiger partial charge on any atom is 0.340 e. The van der Waals surface area contributed by atoms with Gasteiger partial charge < -0.3 is 10.1 Å². The number of amides is 1. The maximum absolute atomic E-state index is 12.1. The van der Waals surface area contributed by atoms with Gasteiger partial charge in [-0.3, -0.25) is 9.59 Å². The number of pyridine rings is 1. The quantitative estimate of drug-likeness (QED) is 0.432. The lowest BCUT2D eigenvalue weighted by atomic mass is 10.1. The number of ketones is 1. The molecule has 2 aromatic rings. The highest BCUT2D eigenvalue weighted by atomic mass is 35.5. The first-order valence-electron chi connectivity index (χ1n) is 7.82. The highest BCUT2D eigenvalue weighted by Crippen LogP contribution is 2.20. The number of anilines is 1. The molecule has 2 rings (SSSR count). The van der Waals surface area contributed by atoms with Gasteiger partial charge in [0.2, 0.25) is 5.91 Å².